The third-order valence-corrected chi connectivity index (χ3v) is 2.67. The number of amides is 1. The number of nitrogens with zero attached hydrogens (tertiary/aromatic N) is 1. The fourth-order valence-corrected chi connectivity index (χ4v) is 1.60. The van der Waals surface area contributed by atoms with Gasteiger partial charge in [-0.15, -0.1) is 6.58 Å². The van der Waals surface area contributed by atoms with E-state index in [1.165, 1.54) is 11.0 Å². The summed E-state index contributed by atoms with van der Waals surface area (Å²) in [6.45, 7) is 3.46. The summed E-state index contributed by atoms with van der Waals surface area (Å²) in [5, 5.41) is 8.66. The zero-order chi connectivity index (χ0) is 12.1. The lowest BCUT2D eigenvalue weighted by Gasteiger charge is -2.20. The number of hydrogen-bond acceptors (Lipinski definition) is 3. The number of carboxylic acid groups (broad SMARTS) is 1. The quantitative estimate of drug-likeness (QED) is 0.608. The van der Waals surface area contributed by atoms with Gasteiger partial charge in [0.1, 0.15) is 6.54 Å². The molecule has 0 bridgehead atoms. The van der Waals surface area contributed by atoms with Crippen LogP contribution in [-0.4, -0.2) is 41.0 Å². The van der Waals surface area contributed by atoms with Gasteiger partial charge in [-0.1, -0.05) is 6.08 Å². The van der Waals surface area contributed by atoms with Crippen molar-refractivity contribution in [2.45, 2.75) is 25.3 Å². The Labute approximate surface area is 94.9 Å². The number of carbonyl (C=O) groups excluding carboxylic acids is 1. The molecule has 90 valence electrons. The molecule has 1 saturated carbocycles. The summed E-state index contributed by atoms with van der Waals surface area (Å²) in [6, 6.07) is -0.131. The lowest BCUT2D eigenvalue weighted by atomic mass is 10.1. The molecule has 5 heteroatoms. The van der Waals surface area contributed by atoms with E-state index in [1.807, 2.05) is 0 Å². The lowest BCUT2D eigenvalue weighted by molar-refractivity contribution is -0.144. The van der Waals surface area contributed by atoms with Crippen LogP contribution < -0.4 is 5.73 Å². The zero-order valence-electron chi connectivity index (χ0n) is 9.26. The van der Waals surface area contributed by atoms with Crippen molar-refractivity contribution in [1.29, 1.82) is 0 Å². The van der Waals surface area contributed by atoms with Crippen molar-refractivity contribution >= 4 is 11.9 Å². The van der Waals surface area contributed by atoms with Crippen molar-refractivity contribution in [1.82, 2.24) is 4.90 Å². The molecule has 1 unspecified atom stereocenters. The minimum atomic E-state index is -1.02. The number of rotatable bonds is 7. The Hall–Kier alpha value is -1.36. The first kappa shape index (κ1) is 12.7. The fourth-order valence-electron chi connectivity index (χ4n) is 1.60. The molecule has 0 heterocycles. The molecule has 0 aromatic carbocycles. The van der Waals surface area contributed by atoms with E-state index in [-0.39, 0.29) is 31.5 Å². The molecule has 0 aliphatic heterocycles. The van der Waals surface area contributed by atoms with Crippen LogP contribution in [0.2, 0.25) is 0 Å². The van der Waals surface area contributed by atoms with E-state index < -0.39 is 5.97 Å². The topological polar surface area (TPSA) is 83.6 Å². The average Bonchev–Trinajstić information content (AvgIpc) is 2.99. The molecular formula is C11H18N2O3. The molecule has 0 aromatic rings. The van der Waals surface area contributed by atoms with Crippen LogP contribution in [0.5, 0.6) is 0 Å². The van der Waals surface area contributed by atoms with Gasteiger partial charge in [0.05, 0.1) is 0 Å². The van der Waals surface area contributed by atoms with Crippen LogP contribution in [-0.2, 0) is 9.59 Å². The first-order chi connectivity index (χ1) is 7.54. The maximum absolute atomic E-state index is 11.7. The number of carboxylic acids is 1. The highest BCUT2D eigenvalue weighted by Gasteiger charge is 2.31. The molecule has 0 radical (unpaired) electrons. The monoisotopic (exact) mass is 226 g/mol. The van der Waals surface area contributed by atoms with E-state index in [1.54, 1.807) is 0 Å². The van der Waals surface area contributed by atoms with Crippen LogP contribution in [0.3, 0.4) is 0 Å². The van der Waals surface area contributed by atoms with Crippen molar-refractivity contribution in [2.75, 3.05) is 13.1 Å². The highest BCUT2D eigenvalue weighted by molar-refractivity contribution is 5.81. The highest BCUT2D eigenvalue weighted by Crippen LogP contribution is 2.32. The summed E-state index contributed by atoms with van der Waals surface area (Å²) in [5.41, 5.74) is 5.82. The molecule has 1 amide bonds. The maximum Gasteiger partial charge on any atom is 0.323 e. The van der Waals surface area contributed by atoms with Crippen molar-refractivity contribution in [2.24, 2.45) is 11.7 Å². The molecule has 0 saturated heterocycles. The van der Waals surface area contributed by atoms with Crippen LogP contribution in [0.1, 0.15) is 19.3 Å². The van der Waals surface area contributed by atoms with Gasteiger partial charge < -0.3 is 15.7 Å². The van der Waals surface area contributed by atoms with Gasteiger partial charge >= 0.3 is 5.97 Å². The molecule has 3 N–H and O–H groups in total. The van der Waals surface area contributed by atoms with Crippen molar-refractivity contribution in [3.05, 3.63) is 12.7 Å². The van der Waals surface area contributed by atoms with Crippen molar-refractivity contribution < 1.29 is 14.7 Å². The second kappa shape index (κ2) is 5.65. The Bertz CT molecular complexity index is 287. The minimum absolute atomic E-state index is 0.131. The minimum Gasteiger partial charge on any atom is -0.480 e. The van der Waals surface area contributed by atoms with Gasteiger partial charge in [-0.3, -0.25) is 9.59 Å². The van der Waals surface area contributed by atoms with Crippen LogP contribution in [0.25, 0.3) is 0 Å². The van der Waals surface area contributed by atoms with Crippen LogP contribution in [0, 0.1) is 5.92 Å². The van der Waals surface area contributed by atoms with Crippen molar-refractivity contribution in [3.8, 4) is 0 Å². The normalized spacial score (nSPS) is 16.6. The first-order valence-corrected chi connectivity index (χ1v) is 5.40. The predicted molar refractivity (Wildman–Crippen MR) is 59.7 cm³/mol. The van der Waals surface area contributed by atoms with E-state index in [2.05, 4.69) is 6.58 Å². The van der Waals surface area contributed by atoms with E-state index in [0.717, 1.165) is 12.8 Å². The third-order valence-electron chi connectivity index (χ3n) is 2.67. The van der Waals surface area contributed by atoms with E-state index in [0.29, 0.717) is 5.92 Å². The van der Waals surface area contributed by atoms with Gasteiger partial charge in [0.15, 0.2) is 0 Å². The van der Waals surface area contributed by atoms with Crippen LogP contribution in [0.15, 0.2) is 12.7 Å². The second-order valence-electron chi connectivity index (χ2n) is 4.16. The summed E-state index contributed by atoms with van der Waals surface area (Å²) in [6.07, 6.45) is 3.90. The van der Waals surface area contributed by atoms with E-state index in [9.17, 15) is 9.59 Å². The SMILES string of the molecule is C=CCN(CC(=O)O)C(=O)CC(N)C1CC1. The number of hydrogen-bond donors (Lipinski definition) is 2. The van der Waals surface area contributed by atoms with Gasteiger partial charge in [-0.2, -0.15) is 0 Å². The number of nitrogens with two attached hydrogens (primary N) is 1. The fraction of sp³-hybridized carbons (Fsp3) is 0.636. The van der Waals surface area contributed by atoms with Crippen molar-refractivity contribution in [3.63, 3.8) is 0 Å². The van der Waals surface area contributed by atoms with E-state index >= 15 is 0 Å². The molecule has 0 aromatic heterocycles. The maximum atomic E-state index is 11.7. The molecule has 0 spiro atoms. The highest BCUT2D eigenvalue weighted by atomic mass is 16.4. The smallest absolute Gasteiger partial charge is 0.323 e. The molecule has 1 fully saturated rings. The molecule has 16 heavy (non-hydrogen) atoms. The molecule has 1 aliphatic carbocycles. The molecule has 1 atom stereocenters. The molecular weight excluding hydrogens is 208 g/mol. The number of carbonyl (C=O) groups is 2. The largest absolute Gasteiger partial charge is 0.480 e. The molecule has 1 rings (SSSR count). The van der Waals surface area contributed by atoms with Gasteiger partial charge in [-0.05, 0) is 18.8 Å². The van der Waals surface area contributed by atoms with Gasteiger partial charge in [-0.25, -0.2) is 0 Å². The Morgan fingerprint density at radius 2 is 2.19 bits per heavy atom. The summed E-state index contributed by atoms with van der Waals surface area (Å²) in [5.74, 6) is -0.781. The lowest BCUT2D eigenvalue weighted by Crippen LogP contribution is -2.39. The standard InChI is InChI=1S/C11H18N2O3/c1-2-5-13(7-11(15)16)10(14)6-9(12)8-3-4-8/h2,8-9H,1,3-7,12H2,(H,15,16). The summed E-state index contributed by atoms with van der Waals surface area (Å²) in [4.78, 5) is 23.6. The summed E-state index contributed by atoms with van der Waals surface area (Å²) >= 11 is 0. The Kier molecular flexibility index (Phi) is 4.49. The van der Waals surface area contributed by atoms with Crippen LogP contribution in [0.4, 0.5) is 0 Å². The average molecular weight is 226 g/mol. The summed E-state index contributed by atoms with van der Waals surface area (Å²) < 4.78 is 0. The zero-order valence-corrected chi connectivity index (χ0v) is 9.26. The Balaban J connectivity index is 2.44. The van der Waals surface area contributed by atoms with Gasteiger partial charge in [0, 0.05) is 19.0 Å². The predicted octanol–water partition coefficient (Wildman–Crippen LogP) is 0.213. The Morgan fingerprint density at radius 3 is 2.62 bits per heavy atom. The van der Waals surface area contributed by atoms with Gasteiger partial charge in [0.2, 0.25) is 5.91 Å². The molecule has 1 aliphatic rings. The third kappa shape index (κ3) is 4.02. The van der Waals surface area contributed by atoms with Crippen LogP contribution >= 0.6 is 0 Å². The summed E-state index contributed by atoms with van der Waals surface area (Å²) in [7, 11) is 0. The van der Waals surface area contributed by atoms with Gasteiger partial charge in [0.25, 0.3) is 0 Å². The first-order valence-electron chi connectivity index (χ1n) is 5.40. The Morgan fingerprint density at radius 1 is 1.56 bits per heavy atom. The second-order valence-corrected chi connectivity index (χ2v) is 4.16. The molecule has 5 nitrogen and oxygen atoms in total. The van der Waals surface area contributed by atoms with E-state index in [4.69, 9.17) is 10.8 Å². The number of aliphatic carboxylic acids is 1.